The van der Waals surface area contributed by atoms with E-state index < -0.39 is 30.4 Å². The number of nitrogens with zero attached hydrogens (tertiary/aromatic N) is 2. The summed E-state index contributed by atoms with van der Waals surface area (Å²) in [6.07, 6.45) is -2.21. The van der Waals surface area contributed by atoms with Crippen LogP contribution in [0.4, 0.5) is 9.59 Å². The zero-order chi connectivity index (χ0) is 16.4. The molecule has 21 heavy (non-hydrogen) atoms. The Hall–Kier alpha value is -2.12. The molecule has 0 N–H and O–H groups in total. The van der Waals surface area contributed by atoms with Crippen molar-refractivity contribution in [3.8, 4) is 0 Å². The summed E-state index contributed by atoms with van der Waals surface area (Å²) in [6.45, 7) is 6.81. The van der Waals surface area contributed by atoms with Gasteiger partial charge in [0.2, 0.25) is 11.8 Å². The number of ether oxygens (including phenoxy) is 2. The Morgan fingerprint density at radius 1 is 0.714 bits per heavy atom. The van der Waals surface area contributed by atoms with Crippen molar-refractivity contribution in [3.63, 3.8) is 0 Å². The van der Waals surface area contributed by atoms with Crippen LogP contribution in [0.25, 0.3) is 0 Å². The molecule has 120 valence electrons. The van der Waals surface area contributed by atoms with Gasteiger partial charge in [-0.15, -0.1) is 0 Å². The second kappa shape index (κ2) is 9.73. The summed E-state index contributed by atoms with van der Waals surface area (Å²) in [5, 5.41) is 0. The third-order valence-electron chi connectivity index (χ3n) is 2.51. The molecule has 0 aliphatic carbocycles. The molecule has 0 aliphatic heterocycles. The summed E-state index contributed by atoms with van der Waals surface area (Å²) in [5.41, 5.74) is 0. The monoisotopic (exact) mass is 302 g/mol. The SMILES string of the molecule is CCOC(=O)N(CC)C(=O)CC(=O)N(CC)C(=O)OCC. The molecule has 0 spiro atoms. The topological polar surface area (TPSA) is 93.2 Å². The second-order valence-electron chi connectivity index (χ2n) is 3.85. The number of amides is 4. The van der Waals surface area contributed by atoms with Crippen molar-refractivity contribution in [2.24, 2.45) is 0 Å². The van der Waals surface area contributed by atoms with Gasteiger partial charge in [0.25, 0.3) is 0 Å². The Bertz CT molecular complexity index is 360. The highest BCUT2D eigenvalue weighted by molar-refractivity contribution is 6.06. The van der Waals surface area contributed by atoms with Gasteiger partial charge in [-0.3, -0.25) is 9.59 Å². The minimum atomic E-state index is -0.808. The van der Waals surface area contributed by atoms with Crippen molar-refractivity contribution < 1.29 is 28.7 Å². The zero-order valence-corrected chi connectivity index (χ0v) is 12.9. The van der Waals surface area contributed by atoms with Gasteiger partial charge >= 0.3 is 12.2 Å². The van der Waals surface area contributed by atoms with E-state index in [2.05, 4.69) is 0 Å². The van der Waals surface area contributed by atoms with Crippen molar-refractivity contribution in [1.82, 2.24) is 9.80 Å². The van der Waals surface area contributed by atoms with Gasteiger partial charge in [0, 0.05) is 13.1 Å². The molecule has 0 rings (SSSR count). The third kappa shape index (κ3) is 5.80. The summed E-state index contributed by atoms with van der Waals surface area (Å²) in [4.78, 5) is 48.6. The lowest BCUT2D eigenvalue weighted by Crippen LogP contribution is -2.43. The van der Waals surface area contributed by atoms with E-state index in [1.807, 2.05) is 0 Å². The van der Waals surface area contributed by atoms with Gasteiger partial charge in [-0.1, -0.05) is 0 Å². The Morgan fingerprint density at radius 2 is 1.05 bits per heavy atom. The first-order valence-electron chi connectivity index (χ1n) is 6.86. The van der Waals surface area contributed by atoms with Gasteiger partial charge in [-0.05, 0) is 27.7 Å². The molecular formula is C13H22N2O6. The van der Waals surface area contributed by atoms with Gasteiger partial charge in [0.1, 0.15) is 6.42 Å². The van der Waals surface area contributed by atoms with Crippen molar-refractivity contribution in [2.45, 2.75) is 34.1 Å². The normalized spacial score (nSPS) is 9.71. The van der Waals surface area contributed by atoms with E-state index in [0.717, 1.165) is 9.80 Å². The largest absolute Gasteiger partial charge is 0.449 e. The lowest BCUT2D eigenvalue weighted by molar-refractivity contribution is -0.138. The summed E-state index contributed by atoms with van der Waals surface area (Å²) >= 11 is 0. The van der Waals surface area contributed by atoms with Crippen LogP contribution in [-0.2, 0) is 19.1 Å². The van der Waals surface area contributed by atoms with Gasteiger partial charge in [-0.25, -0.2) is 19.4 Å². The van der Waals surface area contributed by atoms with E-state index in [4.69, 9.17) is 9.47 Å². The second-order valence-corrected chi connectivity index (χ2v) is 3.85. The van der Waals surface area contributed by atoms with Crippen LogP contribution in [0.1, 0.15) is 34.1 Å². The van der Waals surface area contributed by atoms with Crippen molar-refractivity contribution in [3.05, 3.63) is 0 Å². The molecule has 0 fully saturated rings. The van der Waals surface area contributed by atoms with Crippen LogP contribution < -0.4 is 0 Å². The van der Waals surface area contributed by atoms with E-state index in [9.17, 15) is 19.2 Å². The molecule has 0 unspecified atom stereocenters. The maximum absolute atomic E-state index is 11.9. The third-order valence-corrected chi connectivity index (χ3v) is 2.51. The van der Waals surface area contributed by atoms with Crippen LogP contribution >= 0.6 is 0 Å². The molecule has 0 saturated carbocycles. The van der Waals surface area contributed by atoms with E-state index in [0.29, 0.717) is 0 Å². The first kappa shape index (κ1) is 18.9. The fourth-order valence-corrected chi connectivity index (χ4v) is 1.54. The van der Waals surface area contributed by atoms with Crippen molar-refractivity contribution in [2.75, 3.05) is 26.3 Å². The minimum absolute atomic E-state index is 0.0798. The predicted octanol–water partition coefficient (Wildman–Crippen LogP) is 1.39. The molecule has 0 aromatic carbocycles. The summed E-state index contributed by atoms with van der Waals surface area (Å²) in [7, 11) is 0. The van der Waals surface area contributed by atoms with Gasteiger partial charge in [0.05, 0.1) is 13.2 Å². The molecule has 0 bridgehead atoms. The highest BCUT2D eigenvalue weighted by atomic mass is 16.6. The Kier molecular flexibility index (Phi) is 8.75. The molecule has 8 heteroatoms. The number of hydrogen-bond acceptors (Lipinski definition) is 6. The molecule has 4 amide bonds. The lowest BCUT2D eigenvalue weighted by atomic mass is 10.3. The highest BCUT2D eigenvalue weighted by Crippen LogP contribution is 2.04. The summed E-state index contributed by atoms with van der Waals surface area (Å²) in [6, 6.07) is 0. The van der Waals surface area contributed by atoms with Gasteiger partial charge in [-0.2, -0.15) is 0 Å². The molecule has 0 heterocycles. The number of rotatable bonds is 6. The molecular weight excluding hydrogens is 280 g/mol. The first-order valence-corrected chi connectivity index (χ1v) is 6.86. The molecule has 0 aliphatic rings. The van der Waals surface area contributed by atoms with Crippen molar-refractivity contribution in [1.29, 1.82) is 0 Å². The fraction of sp³-hybridized carbons (Fsp3) is 0.692. The number of hydrogen-bond donors (Lipinski definition) is 0. The summed E-state index contributed by atoms with van der Waals surface area (Å²) in [5.74, 6) is -1.44. The average Bonchev–Trinajstić information content (AvgIpc) is 2.40. The number of carbonyl (C=O) groups is 4. The molecule has 0 aromatic rings. The number of carbonyl (C=O) groups excluding carboxylic acids is 4. The molecule has 0 saturated heterocycles. The minimum Gasteiger partial charge on any atom is -0.449 e. The first-order chi connectivity index (χ1) is 9.92. The van der Waals surface area contributed by atoms with Crippen LogP contribution in [0.5, 0.6) is 0 Å². The van der Waals surface area contributed by atoms with E-state index in [1.165, 1.54) is 0 Å². The predicted molar refractivity (Wildman–Crippen MR) is 73.4 cm³/mol. The fourth-order valence-electron chi connectivity index (χ4n) is 1.54. The van der Waals surface area contributed by atoms with Crippen LogP contribution in [0.2, 0.25) is 0 Å². The lowest BCUT2D eigenvalue weighted by Gasteiger charge is -2.21. The van der Waals surface area contributed by atoms with Gasteiger partial charge < -0.3 is 9.47 Å². The van der Waals surface area contributed by atoms with Gasteiger partial charge in [0.15, 0.2) is 0 Å². The maximum atomic E-state index is 11.9. The average molecular weight is 302 g/mol. The van der Waals surface area contributed by atoms with E-state index in [1.54, 1.807) is 27.7 Å². The van der Waals surface area contributed by atoms with Crippen LogP contribution in [0, 0.1) is 0 Å². The Morgan fingerprint density at radius 3 is 1.29 bits per heavy atom. The molecule has 0 radical (unpaired) electrons. The van der Waals surface area contributed by atoms with Crippen LogP contribution in [0.3, 0.4) is 0 Å². The smallest absolute Gasteiger partial charge is 0.416 e. The number of imide groups is 2. The highest BCUT2D eigenvalue weighted by Gasteiger charge is 2.28. The van der Waals surface area contributed by atoms with Crippen LogP contribution in [-0.4, -0.2) is 60.1 Å². The Labute approximate surface area is 124 Å². The molecule has 8 nitrogen and oxygen atoms in total. The standard InChI is InChI=1S/C13H22N2O6/c1-5-14(12(18)20-7-3)10(16)9-11(17)15(6-2)13(19)21-8-4/h5-9H2,1-4H3. The Balaban J connectivity index is 4.76. The molecule has 0 atom stereocenters. The van der Waals surface area contributed by atoms with E-state index >= 15 is 0 Å². The van der Waals surface area contributed by atoms with Crippen LogP contribution in [0.15, 0.2) is 0 Å². The zero-order valence-electron chi connectivity index (χ0n) is 12.9. The quantitative estimate of drug-likeness (QED) is 0.688. The van der Waals surface area contributed by atoms with Crippen molar-refractivity contribution >= 4 is 24.0 Å². The maximum Gasteiger partial charge on any atom is 0.416 e. The molecule has 0 aromatic heterocycles. The van der Waals surface area contributed by atoms with E-state index in [-0.39, 0.29) is 26.3 Å². The summed E-state index contributed by atoms with van der Waals surface area (Å²) < 4.78 is 9.44.